The molecule has 2 N–H and O–H groups in total. The molecule has 0 saturated carbocycles. The minimum absolute atomic E-state index is 0.106. The summed E-state index contributed by atoms with van der Waals surface area (Å²) in [6, 6.07) is 0. The molecule has 0 aliphatic rings. The second kappa shape index (κ2) is 8.21. The van der Waals surface area contributed by atoms with E-state index < -0.39 is 23.7 Å². The summed E-state index contributed by atoms with van der Waals surface area (Å²) in [6.45, 7) is 6.10. The zero-order valence-electron chi connectivity index (χ0n) is 12.8. The van der Waals surface area contributed by atoms with Crippen molar-refractivity contribution in [1.29, 1.82) is 0 Å². The standard InChI is InChI=1S/C13H23F3N2O3/c1-5-7-10(19)18-12(13(14,15)16,11(20)21-6-2)17-8-9(3)4/h9,17H,5-8H2,1-4H3,(H,18,19). The van der Waals surface area contributed by atoms with Gasteiger partial charge in [0.25, 0.3) is 5.66 Å². The van der Waals surface area contributed by atoms with E-state index in [2.05, 4.69) is 10.1 Å². The Morgan fingerprint density at radius 3 is 2.14 bits per heavy atom. The molecule has 0 aromatic rings. The number of nitrogens with one attached hydrogen (secondary N) is 2. The van der Waals surface area contributed by atoms with Crippen LogP contribution in [0.1, 0.15) is 40.5 Å². The molecule has 0 rings (SSSR count). The summed E-state index contributed by atoms with van der Waals surface area (Å²) in [5, 5.41) is 3.88. The molecule has 124 valence electrons. The van der Waals surface area contributed by atoms with Gasteiger partial charge in [-0.15, -0.1) is 0 Å². The van der Waals surface area contributed by atoms with Crippen LogP contribution in [-0.2, 0) is 14.3 Å². The molecule has 0 bridgehead atoms. The van der Waals surface area contributed by atoms with Crippen LogP contribution in [0.3, 0.4) is 0 Å². The fraction of sp³-hybridized carbons (Fsp3) is 0.846. The van der Waals surface area contributed by atoms with Crippen molar-refractivity contribution in [2.75, 3.05) is 13.2 Å². The maximum atomic E-state index is 13.4. The molecular weight excluding hydrogens is 289 g/mol. The first-order valence-electron chi connectivity index (χ1n) is 6.90. The Morgan fingerprint density at radius 2 is 1.76 bits per heavy atom. The van der Waals surface area contributed by atoms with Crippen molar-refractivity contribution in [3.8, 4) is 0 Å². The molecule has 0 saturated heterocycles. The summed E-state index contributed by atoms with van der Waals surface area (Å²) in [7, 11) is 0. The van der Waals surface area contributed by atoms with Gasteiger partial charge in [-0.25, -0.2) is 4.79 Å². The summed E-state index contributed by atoms with van der Waals surface area (Å²) in [5.41, 5.74) is -3.21. The number of halogens is 3. The normalized spacial score (nSPS) is 14.7. The average Bonchev–Trinajstić information content (AvgIpc) is 2.33. The molecule has 1 amide bonds. The predicted octanol–water partition coefficient (Wildman–Crippen LogP) is 1.97. The van der Waals surface area contributed by atoms with Crippen LogP contribution in [0.15, 0.2) is 0 Å². The molecule has 21 heavy (non-hydrogen) atoms. The molecule has 0 aromatic heterocycles. The number of carbonyl (C=O) groups is 2. The molecule has 5 nitrogen and oxygen atoms in total. The summed E-state index contributed by atoms with van der Waals surface area (Å²) in [6.07, 6.45) is -4.76. The van der Waals surface area contributed by atoms with Crippen LogP contribution in [0.5, 0.6) is 0 Å². The summed E-state index contributed by atoms with van der Waals surface area (Å²) in [5.74, 6) is -2.56. The number of hydrogen-bond donors (Lipinski definition) is 2. The van der Waals surface area contributed by atoms with Gasteiger partial charge in [-0.2, -0.15) is 13.2 Å². The van der Waals surface area contributed by atoms with Crippen molar-refractivity contribution in [1.82, 2.24) is 10.6 Å². The SMILES string of the molecule is CCCC(=O)NC(NCC(C)C)(C(=O)OCC)C(F)(F)F. The highest BCUT2D eigenvalue weighted by molar-refractivity contribution is 5.88. The summed E-state index contributed by atoms with van der Waals surface area (Å²) in [4.78, 5) is 23.4. The number of amides is 1. The van der Waals surface area contributed by atoms with E-state index in [1.54, 1.807) is 26.1 Å². The molecule has 8 heteroatoms. The van der Waals surface area contributed by atoms with Crippen molar-refractivity contribution in [3.05, 3.63) is 0 Å². The highest BCUT2D eigenvalue weighted by Crippen LogP contribution is 2.30. The lowest BCUT2D eigenvalue weighted by Crippen LogP contribution is -2.73. The van der Waals surface area contributed by atoms with E-state index in [0.717, 1.165) is 0 Å². The zero-order valence-corrected chi connectivity index (χ0v) is 12.8. The monoisotopic (exact) mass is 312 g/mol. The van der Waals surface area contributed by atoms with Crippen molar-refractivity contribution < 1.29 is 27.5 Å². The van der Waals surface area contributed by atoms with Crippen LogP contribution < -0.4 is 10.6 Å². The lowest BCUT2D eigenvalue weighted by molar-refractivity contribution is -0.222. The molecule has 0 spiro atoms. The number of hydrogen-bond acceptors (Lipinski definition) is 4. The van der Waals surface area contributed by atoms with E-state index in [1.165, 1.54) is 6.92 Å². The van der Waals surface area contributed by atoms with Crippen LogP contribution in [0.2, 0.25) is 0 Å². The van der Waals surface area contributed by atoms with Crippen LogP contribution in [-0.4, -0.2) is 36.9 Å². The van der Waals surface area contributed by atoms with Gasteiger partial charge in [0, 0.05) is 13.0 Å². The molecule has 0 aliphatic carbocycles. The Kier molecular flexibility index (Phi) is 7.70. The van der Waals surface area contributed by atoms with Crippen molar-refractivity contribution in [3.63, 3.8) is 0 Å². The van der Waals surface area contributed by atoms with E-state index in [-0.39, 0.29) is 25.5 Å². The minimum atomic E-state index is -5.02. The van der Waals surface area contributed by atoms with E-state index in [1.807, 2.05) is 0 Å². The first-order valence-corrected chi connectivity index (χ1v) is 6.90. The van der Waals surface area contributed by atoms with Crippen LogP contribution in [0.25, 0.3) is 0 Å². The number of esters is 1. The predicted molar refractivity (Wildman–Crippen MR) is 71.3 cm³/mol. The number of rotatable bonds is 8. The first kappa shape index (κ1) is 19.7. The van der Waals surface area contributed by atoms with Crippen molar-refractivity contribution in [2.24, 2.45) is 5.92 Å². The third-order valence-corrected chi connectivity index (χ3v) is 2.59. The highest BCUT2D eigenvalue weighted by atomic mass is 19.4. The van der Waals surface area contributed by atoms with E-state index in [4.69, 9.17) is 0 Å². The van der Waals surface area contributed by atoms with Gasteiger partial charge in [-0.05, 0) is 19.3 Å². The minimum Gasteiger partial charge on any atom is -0.463 e. The van der Waals surface area contributed by atoms with E-state index in [0.29, 0.717) is 6.42 Å². The van der Waals surface area contributed by atoms with Gasteiger partial charge in [-0.3, -0.25) is 10.1 Å². The maximum absolute atomic E-state index is 13.4. The zero-order chi connectivity index (χ0) is 16.7. The van der Waals surface area contributed by atoms with Crippen LogP contribution >= 0.6 is 0 Å². The number of carbonyl (C=O) groups excluding carboxylic acids is 2. The molecular formula is C13H23F3N2O3. The second-order valence-electron chi connectivity index (χ2n) is 5.04. The molecule has 0 aliphatic heterocycles. The van der Waals surface area contributed by atoms with Crippen LogP contribution in [0.4, 0.5) is 13.2 Å². The largest absolute Gasteiger partial charge is 0.463 e. The van der Waals surface area contributed by atoms with E-state index >= 15 is 0 Å². The maximum Gasteiger partial charge on any atom is 0.436 e. The Bertz CT molecular complexity index is 359. The highest BCUT2D eigenvalue weighted by Gasteiger charge is 2.62. The molecule has 0 fully saturated rings. The Labute approximate surface area is 122 Å². The molecule has 0 heterocycles. The average molecular weight is 312 g/mol. The number of ether oxygens (including phenoxy) is 1. The summed E-state index contributed by atoms with van der Waals surface area (Å²) >= 11 is 0. The third-order valence-electron chi connectivity index (χ3n) is 2.59. The molecule has 1 unspecified atom stereocenters. The van der Waals surface area contributed by atoms with Gasteiger partial charge in [0.15, 0.2) is 0 Å². The smallest absolute Gasteiger partial charge is 0.436 e. The van der Waals surface area contributed by atoms with Gasteiger partial charge in [0.2, 0.25) is 5.91 Å². The summed E-state index contributed by atoms with van der Waals surface area (Å²) < 4.78 is 44.8. The van der Waals surface area contributed by atoms with Gasteiger partial charge < -0.3 is 10.1 Å². The first-order chi connectivity index (χ1) is 9.60. The fourth-order valence-corrected chi connectivity index (χ4v) is 1.55. The third kappa shape index (κ3) is 5.53. The molecule has 0 radical (unpaired) electrons. The van der Waals surface area contributed by atoms with Gasteiger partial charge in [0.05, 0.1) is 6.61 Å². The Balaban J connectivity index is 5.50. The second-order valence-corrected chi connectivity index (χ2v) is 5.04. The van der Waals surface area contributed by atoms with Crippen molar-refractivity contribution in [2.45, 2.75) is 52.4 Å². The van der Waals surface area contributed by atoms with Crippen LogP contribution in [0, 0.1) is 5.92 Å². The Morgan fingerprint density at radius 1 is 1.19 bits per heavy atom. The quantitative estimate of drug-likeness (QED) is 0.531. The fourth-order valence-electron chi connectivity index (χ4n) is 1.55. The topological polar surface area (TPSA) is 67.4 Å². The lowest BCUT2D eigenvalue weighted by atomic mass is 10.1. The van der Waals surface area contributed by atoms with Crippen molar-refractivity contribution >= 4 is 11.9 Å². The van der Waals surface area contributed by atoms with E-state index in [9.17, 15) is 22.8 Å². The van der Waals surface area contributed by atoms with Gasteiger partial charge in [0.1, 0.15) is 0 Å². The van der Waals surface area contributed by atoms with Gasteiger partial charge in [-0.1, -0.05) is 20.8 Å². The lowest BCUT2D eigenvalue weighted by Gasteiger charge is -2.35. The molecule has 1 atom stereocenters. The van der Waals surface area contributed by atoms with Gasteiger partial charge >= 0.3 is 12.1 Å². The molecule has 0 aromatic carbocycles. The Hall–Kier alpha value is -1.31. The number of alkyl halides is 3.